The molecule has 1 saturated heterocycles. The standard InChI is InChI=1S/C29H31F3N6O3S/c1-18(21-10-7-11-22(25(21)30)26(31)32)33-27-23-16-24(29(41-3)36-28(23)35-19(2)34-27)42(39,40)38-14-12-37(13-15-38)17-20-8-5-4-6-9-20/h4-11,16,18,26H,12-15,17H2,1-3H3,(H,33,34,35,36)/t18-/m1/s1. The fourth-order valence-electron chi connectivity index (χ4n) is 5.03. The van der Waals surface area contributed by atoms with Gasteiger partial charge in [-0.3, -0.25) is 4.90 Å². The number of aryl methyl sites for hydroxylation is 1. The van der Waals surface area contributed by atoms with Crippen LogP contribution in [0, 0.1) is 12.7 Å². The predicted octanol–water partition coefficient (Wildman–Crippen LogP) is 5.10. The number of aromatic nitrogens is 3. The van der Waals surface area contributed by atoms with Gasteiger partial charge in [-0.15, -0.1) is 0 Å². The summed E-state index contributed by atoms with van der Waals surface area (Å²) in [5, 5.41) is 3.31. The van der Waals surface area contributed by atoms with E-state index >= 15 is 0 Å². The van der Waals surface area contributed by atoms with E-state index in [0.717, 1.165) is 18.2 Å². The molecule has 0 amide bonds. The number of rotatable bonds is 9. The van der Waals surface area contributed by atoms with Crippen molar-refractivity contribution in [2.75, 3.05) is 38.6 Å². The molecular weight excluding hydrogens is 569 g/mol. The minimum atomic E-state index is -4.03. The zero-order valence-electron chi connectivity index (χ0n) is 23.4. The van der Waals surface area contributed by atoms with Crippen molar-refractivity contribution in [3.05, 3.63) is 82.9 Å². The Bertz CT molecular complexity index is 1680. The van der Waals surface area contributed by atoms with E-state index in [-0.39, 0.29) is 46.3 Å². The maximum atomic E-state index is 14.9. The maximum absolute atomic E-state index is 14.9. The lowest BCUT2D eigenvalue weighted by molar-refractivity contribution is 0.146. The van der Waals surface area contributed by atoms with Crippen molar-refractivity contribution in [1.82, 2.24) is 24.2 Å². The number of piperazine rings is 1. The van der Waals surface area contributed by atoms with E-state index in [4.69, 9.17) is 4.74 Å². The number of methoxy groups -OCH3 is 1. The van der Waals surface area contributed by atoms with Gasteiger partial charge < -0.3 is 10.1 Å². The molecule has 0 saturated carbocycles. The summed E-state index contributed by atoms with van der Waals surface area (Å²) in [5.74, 6) is -0.621. The highest BCUT2D eigenvalue weighted by molar-refractivity contribution is 7.89. The van der Waals surface area contributed by atoms with Crippen molar-refractivity contribution in [3.63, 3.8) is 0 Å². The topological polar surface area (TPSA) is 101 Å². The van der Waals surface area contributed by atoms with Crippen molar-refractivity contribution >= 4 is 26.9 Å². The van der Waals surface area contributed by atoms with Crippen LogP contribution in [0.3, 0.4) is 0 Å². The second-order valence-electron chi connectivity index (χ2n) is 10.1. The number of nitrogens with zero attached hydrogens (tertiary/aromatic N) is 5. The molecule has 1 fully saturated rings. The number of nitrogens with one attached hydrogen (secondary N) is 1. The third kappa shape index (κ3) is 6.03. The summed E-state index contributed by atoms with van der Waals surface area (Å²) >= 11 is 0. The molecule has 2 aromatic carbocycles. The lowest BCUT2D eigenvalue weighted by Gasteiger charge is -2.34. The molecule has 42 heavy (non-hydrogen) atoms. The number of halogens is 3. The van der Waals surface area contributed by atoms with Crippen LogP contribution in [0.1, 0.15) is 41.9 Å². The molecule has 5 rings (SSSR count). The van der Waals surface area contributed by atoms with Gasteiger partial charge in [0.25, 0.3) is 6.43 Å². The largest absolute Gasteiger partial charge is 0.480 e. The molecule has 1 aliphatic rings. The Morgan fingerprint density at radius 2 is 1.67 bits per heavy atom. The monoisotopic (exact) mass is 600 g/mol. The van der Waals surface area contributed by atoms with E-state index < -0.39 is 33.9 Å². The summed E-state index contributed by atoms with van der Waals surface area (Å²) < 4.78 is 75.9. The number of alkyl halides is 2. The lowest BCUT2D eigenvalue weighted by Crippen LogP contribution is -2.48. The van der Waals surface area contributed by atoms with Gasteiger partial charge in [0.1, 0.15) is 22.4 Å². The molecule has 0 unspecified atom stereocenters. The van der Waals surface area contributed by atoms with Gasteiger partial charge in [0, 0.05) is 38.3 Å². The molecule has 0 bridgehead atoms. The van der Waals surface area contributed by atoms with E-state index in [1.165, 1.54) is 29.6 Å². The van der Waals surface area contributed by atoms with Gasteiger partial charge >= 0.3 is 0 Å². The van der Waals surface area contributed by atoms with E-state index in [2.05, 4.69) is 25.2 Å². The minimum Gasteiger partial charge on any atom is -0.480 e. The highest BCUT2D eigenvalue weighted by Crippen LogP contribution is 2.34. The Hall–Kier alpha value is -3.81. The molecule has 0 radical (unpaired) electrons. The molecule has 2 aromatic heterocycles. The van der Waals surface area contributed by atoms with Crippen LogP contribution >= 0.6 is 0 Å². The van der Waals surface area contributed by atoms with E-state index in [1.54, 1.807) is 13.8 Å². The summed E-state index contributed by atoms with van der Waals surface area (Å²) in [5.41, 5.74) is 0.635. The molecule has 0 spiro atoms. The second kappa shape index (κ2) is 12.2. The van der Waals surface area contributed by atoms with Crippen molar-refractivity contribution < 1.29 is 26.3 Å². The summed E-state index contributed by atoms with van der Waals surface area (Å²) in [6.07, 6.45) is -2.97. The molecule has 9 nitrogen and oxygen atoms in total. The number of anilines is 1. The van der Waals surface area contributed by atoms with E-state index in [1.807, 2.05) is 30.3 Å². The van der Waals surface area contributed by atoms with Gasteiger partial charge in [-0.05, 0) is 25.5 Å². The zero-order chi connectivity index (χ0) is 30.0. The predicted molar refractivity (Wildman–Crippen MR) is 152 cm³/mol. The normalized spacial score (nSPS) is 15.7. The van der Waals surface area contributed by atoms with Gasteiger partial charge in [0.15, 0.2) is 5.65 Å². The highest BCUT2D eigenvalue weighted by atomic mass is 32.2. The fraction of sp³-hybridized carbons (Fsp3) is 0.345. The number of pyridine rings is 1. The number of fused-ring (bicyclic) bond motifs is 1. The molecule has 222 valence electrons. The zero-order valence-corrected chi connectivity index (χ0v) is 24.2. The number of benzene rings is 2. The van der Waals surface area contributed by atoms with Gasteiger partial charge in [0.2, 0.25) is 15.9 Å². The molecule has 4 aromatic rings. The Kier molecular flexibility index (Phi) is 8.62. The van der Waals surface area contributed by atoms with Crippen LogP contribution in [-0.4, -0.2) is 65.9 Å². The summed E-state index contributed by atoms with van der Waals surface area (Å²) in [6.45, 7) is 5.60. The van der Waals surface area contributed by atoms with E-state index in [9.17, 15) is 21.6 Å². The number of hydrogen-bond acceptors (Lipinski definition) is 8. The van der Waals surface area contributed by atoms with Gasteiger partial charge in [-0.2, -0.15) is 9.29 Å². The third-order valence-electron chi connectivity index (χ3n) is 7.24. The fourth-order valence-corrected chi connectivity index (χ4v) is 6.57. The third-order valence-corrected chi connectivity index (χ3v) is 9.13. The molecule has 13 heteroatoms. The molecular formula is C29H31F3N6O3S. The van der Waals surface area contributed by atoms with Crippen molar-refractivity contribution in [2.45, 2.75) is 37.8 Å². The molecule has 0 aliphatic carbocycles. The van der Waals surface area contributed by atoms with Crippen LogP contribution in [0.5, 0.6) is 5.88 Å². The van der Waals surface area contributed by atoms with Gasteiger partial charge in [-0.1, -0.05) is 48.5 Å². The molecule has 3 heterocycles. The molecule has 1 N–H and O–H groups in total. The van der Waals surface area contributed by atoms with Crippen molar-refractivity contribution in [3.8, 4) is 5.88 Å². The van der Waals surface area contributed by atoms with Crippen LogP contribution in [0.15, 0.2) is 59.5 Å². The van der Waals surface area contributed by atoms with Crippen LogP contribution < -0.4 is 10.1 Å². The maximum Gasteiger partial charge on any atom is 0.266 e. The van der Waals surface area contributed by atoms with Crippen molar-refractivity contribution in [2.24, 2.45) is 0 Å². The van der Waals surface area contributed by atoms with Crippen LogP contribution in [0.4, 0.5) is 19.0 Å². The Morgan fingerprint density at radius 3 is 2.33 bits per heavy atom. The number of hydrogen-bond donors (Lipinski definition) is 1. The smallest absolute Gasteiger partial charge is 0.266 e. The second-order valence-corrected chi connectivity index (χ2v) is 12.0. The van der Waals surface area contributed by atoms with Crippen LogP contribution in [-0.2, 0) is 16.6 Å². The summed E-state index contributed by atoms with van der Waals surface area (Å²) in [4.78, 5) is 15.2. The Balaban J connectivity index is 1.45. The minimum absolute atomic E-state index is 0.0138. The van der Waals surface area contributed by atoms with Gasteiger partial charge in [-0.25, -0.2) is 31.6 Å². The van der Waals surface area contributed by atoms with Gasteiger partial charge in [0.05, 0.1) is 24.1 Å². The van der Waals surface area contributed by atoms with E-state index in [0.29, 0.717) is 18.9 Å². The first-order chi connectivity index (χ1) is 20.1. The highest BCUT2D eigenvalue weighted by Gasteiger charge is 2.33. The SMILES string of the molecule is COc1nc2nc(C)nc(N[C@H](C)c3cccc(C(F)F)c3F)c2cc1S(=O)(=O)N1CCN(Cc2ccccc2)CC1. The van der Waals surface area contributed by atoms with Crippen molar-refractivity contribution in [1.29, 1.82) is 0 Å². The Labute approximate surface area is 242 Å². The Morgan fingerprint density at radius 1 is 0.976 bits per heavy atom. The van der Waals surface area contributed by atoms with Crippen LogP contribution in [0.2, 0.25) is 0 Å². The summed E-state index contributed by atoms with van der Waals surface area (Å²) in [7, 11) is -2.70. The average Bonchev–Trinajstić information content (AvgIpc) is 2.97. The lowest BCUT2D eigenvalue weighted by atomic mass is 10.0. The first-order valence-electron chi connectivity index (χ1n) is 13.4. The first kappa shape index (κ1) is 29.7. The number of ether oxygens (including phenoxy) is 1. The molecule has 1 atom stereocenters. The quantitative estimate of drug-likeness (QED) is 0.283. The number of sulfonamides is 1. The first-order valence-corrected chi connectivity index (χ1v) is 14.8. The average molecular weight is 601 g/mol. The van der Waals surface area contributed by atoms with Crippen LogP contribution in [0.25, 0.3) is 11.0 Å². The summed E-state index contributed by atoms with van der Waals surface area (Å²) in [6, 6.07) is 14.4. The molecule has 1 aliphatic heterocycles.